The minimum atomic E-state index is 0.920. The highest BCUT2D eigenvalue weighted by atomic mass is 79.9. The van der Waals surface area contributed by atoms with Gasteiger partial charge >= 0.3 is 0 Å². The van der Waals surface area contributed by atoms with Gasteiger partial charge in [-0.15, -0.1) is 0 Å². The molecule has 0 aliphatic carbocycles. The maximum atomic E-state index is 3.47. The van der Waals surface area contributed by atoms with Crippen molar-refractivity contribution >= 4 is 15.9 Å². The Morgan fingerprint density at radius 2 is 2.15 bits per heavy atom. The van der Waals surface area contributed by atoms with Crippen LogP contribution in [-0.4, -0.2) is 4.57 Å². The SMILES string of the molecule is CCCCCCc1cccn1CBr. The van der Waals surface area contributed by atoms with Crippen molar-refractivity contribution in [3.8, 4) is 0 Å². The fourth-order valence-corrected chi connectivity index (χ4v) is 2.02. The van der Waals surface area contributed by atoms with Crippen LogP contribution in [0, 0.1) is 0 Å². The van der Waals surface area contributed by atoms with Gasteiger partial charge in [0.15, 0.2) is 0 Å². The molecule has 2 heteroatoms. The molecule has 0 aliphatic heterocycles. The fraction of sp³-hybridized carbons (Fsp3) is 0.636. The Kier molecular flexibility index (Phi) is 5.21. The Balaban J connectivity index is 2.27. The van der Waals surface area contributed by atoms with Crippen LogP contribution in [0.5, 0.6) is 0 Å². The molecule has 0 saturated heterocycles. The lowest BCUT2D eigenvalue weighted by Gasteiger charge is -2.04. The molecule has 0 unspecified atom stereocenters. The Morgan fingerprint density at radius 3 is 2.85 bits per heavy atom. The molecule has 0 radical (unpaired) electrons. The summed E-state index contributed by atoms with van der Waals surface area (Å²) in [4.78, 5) is 0. The Labute approximate surface area is 89.3 Å². The lowest BCUT2D eigenvalue weighted by atomic mass is 10.1. The first-order valence-corrected chi connectivity index (χ1v) is 6.20. The second kappa shape index (κ2) is 6.25. The quantitative estimate of drug-likeness (QED) is 0.527. The van der Waals surface area contributed by atoms with Crippen molar-refractivity contribution in [1.82, 2.24) is 4.57 Å². The topological polar surface area (TPSA) is 4.93 Å². The van der Waals surface area contributed by atoms with Gasteiger partial charge in [0, 0.05) is 11.9 Å². The van der Waals surface area contributed by atoms with Gasteiger partial charge in [-0.3, -0.25) is 0 Å². The zero-order valence-corrected chi connectivity index (χ0v) is 9.89. The van der Waals surface area contributed by atoms with E-state index in [0.29, 0.717) is 0 Å². The summed E-state index contributed by atoms with van der Waals surface area (Å²) in [6.45, 7) is 2.25. The molecule has 13 heavy (non-hydrogen) atoms. The molecule has 0 bridgehead atoms. The molecular formula is C11H18BrN. The number of aromatic nitrogens is 1. The van der Waals surface area contributed by atoms with Crippen molar-refractivity contribution in [1.29, 1.82) is 0 Å². The Morgan fingerprint density at radius 1 is 1.31 bits per heavy atom. The van der Waals surface area contributed by atoms with E-state index in [1.54, 1.807) is 0 Å². The minimum absolute atomic E-state index is 0.920. The highest BCUT2D eigenvalue weighted by Crippen LogP contribution is 2.10. The van der Waals surface area contributed by atoms with Crippen LogP contribution in [-0.2, 0) is 11.9 Å². The molecule has 1 heterocycles. The predicted octanol–water partition coefficient (Wildman–Crippen LogP) is 3.96. The maximum absolute atomic E-state index is 3.47. The highest BCUT2D eigenvalue weighted by molar-refractivity contribution is 9.08. The molecular weight excluding hydrogens is 226 g/mol. The number of unbranched alkanes of at least 4 members (excludes halogenated alkanes) is 3. The third-order valence-corrected chi connectivity index (χ3v) is 2.88. The van der Waals surface area contributed by atoms with Crippen molar-refractivity contribution in [3.63, 3.8) is 0 Å². The van der Waals surface area contributed by atoms with Crippen LogP contribution in [0.3, 0.4) is 0 Å². The third-order valence-electron chi connectivity index (χ3n) is 2.34. The molecule has 0 atom stereocenters. The molecule has 0 aliphatic rings. The monoisotopic (exact) mass is 243 g/mol. The van der Waals surface area contributed by atoms with Gasteiger partial charge in [0.25, 0.3) is 0 Å². The molecule has 1 aromatic rings. The standard InChI is InChI=1S/C11H18BrN/c1-2-3-4-5-7-11-8-6-9-13(11)10-12/h6,8-9H,2-5,7,10H2,1H3. The molecule has 1 nitrogen and oxygen atoms in total. The second-order valence-corrected chi connectivity index (χ2v) is 3.90. The van der Waals surface area contributed by atoms with Crippen molar-refractivity contribution in [2.24, 2.45) is 0 Å². The Bertz CT molecular complexity index is 230. The van der Waals surface area contributed by atoms with E-state index in [9.17, 15) is 0 Å². The normalized spacial score (nSPS) is 10.6. The summed E-state index contributed by atoms with van der Waals surface area (Å²) in [6.07, 6.45) is 8.73. The van der Waals surface area contributed by atoms with Gasteiger partial charge in [-0.25, -0.2) is 0 Å². The fourth-order valence-electron chi connectivity index (χ4n) is 1.53. The molecule has 0 N–H and O–H groups in total. The summed E-state index contributed by atoms with van der Waals surface area (Å²) in [6, 6.07) is 4.34. The van der Waals surface area contributed by atoms with Crippen LogP contribution >= 0.6 is 15.9 Å². The Hall–Kier alpha value is -0.240. The van der Waals surface area contributed by atoms with Crippen LogP contribution in [0.15, 0.2) is 18.3 Å². The molecule has 74 valence electrons. The lowest BCUT2D eigenvalue weighted by Crippen LogP contribution is -1.97. The van der Waals surface area contributed by atoms with Crippen molar-refractivity contribution in [2.75, 3.05) is 0 Å². The zero-order valence-electron chi connectivity index (χ0n) is 8.30. The number of halogens is 1. The van der Waals surface area contributed by atoms with E-state index in [1.807, 2.05) is 0 Å². The number of hydrogen-bond donors (Lipinski definition) is 0. The predicted molar refractivity (Wildman–Crippen MR) is 61.2 cm³/mol. The molecule has 0 aromatic carbocycles. The van der Waals surface area contributed by atoms with Crippen LogP contribution < -0.4 is 0 Å². The van der Waals surface area contributed by atoms with Crippen LogP contribution in [0.25, 0.3) is 0 Å². The molecule has 0 spiro atoms. The minimum Gasteiger partial charge on any atom is -0.341 e. The largest absolute Gasteiger partial charge is 0.341 e. The van der Waals surface area contributed by atoms with E-state index in [0.717, 1.165) is 5.45 Å². The van der Waals surface area contributed by atoms with Gasteiger partial charge in [0.05, 0.1) is 5.45 Å². The summed E-state index contributed by atoms with van der Waals surface area (Å²) < 4.78 is 2.26. The summed E-state index contributed by atoms with van der Waals surface area (Å²) in [5.74, 6) is 0. The second-order valence-electron chi connectivity index (χ2n) is 3.40. The van der Waals surface area contributed by atoms with Crippen LogP contribution in [0.1, 0.15) is 38.3 Å². The first kappa shape index (κ1) is 10.8. The molecule has 1 aromatic heterocycles. The van der Waals surface area contributed by atoms with Crippen molar-refractivity contribution in [2.45, 2.75) is 44.5 Å². The number of alkyl halides is 1. The highest BCUT2D eigenvalue weighted by Gasteiger charge is 1.98. The first-order valence-electron chi connectivity index (χ1n) is 5.08. The van der Waals surface area contributed by atoms with Gasteiger partial charge in [0.1, 0.15) is 0 Å². The molecule has 0 saturated carbocycles. The zero-order chi connectivity index (χ0) is 9.52. The van der Waals surface area contributed by atoms with Gasteiger partial charge in [0.2, 0.25) is 0 Å². The van der Waals surface area contributed by atoms with E-state index in [4.69, 9.17) is 0 Å². The van der Waals surface area contributed by atoms with Crippen molar-refractivity contribution in [3.05, 3.63) is 24.0 Å². The average Bonchev–Trinajstić information content (AvgIpc) is 2.60. The van der Waals surface area contributed by atoms with Gasteiger partial charge in [-0.2, -0.15) is 0 Å². The van der Waals surface area contributed by atoms with E-state index >= 15 is 0 Å². The smallest absolute Gasteiger partial charge is 0.0775 e. The van der Waals surface area contributed by atoms with Gasteiger partial charge in [-0.05, 0) is 25.0 Å². The van der Waals surface area contributed by atoms with E-state index in [2.05, 4.69) is 45.8 Å². The average molecular weight is 244 g/mol. The van der Waals surface area contributed by atoms with Gasteiger partial charge < -0.3 is 4.57 Å². The maximum Gasteiger partial charge on any atom is 0.0775 e. The summed E-state index contributed by atoms with van der Waals surface area (Å²) >= 11 is 3.47. The van der Waals surface area contributed by atoms with E-state index in [-0.39, 0.29) is 0 Å². The first-order chi connectivity index (χ1) is 6.38. The third kappa shape index (κ3) is 3.55. The number of aryl methyl sites for hydroxylation is 1. The van der Waals surface area contributed by atoms with Crippen LogP contribution in [0.2, 0.25) is 0 Å². The summed E-state index contributed by atoms with van der Waals surface area (Å²) in [5, 5.41) is 0. The summed E-state index contributed by atoms with van der Waals surface area (Å²) in [5.41, 5.74) is 2.37. The number of hydrogen-bond acceptors (Lipinski definition) is 0. The van der Waals surface area contributed by atoms with Gasteiger partial charge in [-0.1, -0.05) is 42.1 Å². The number of rotatable bonds is 6. The summed E-state index contributed by atoms with van der Waals surface area (Å²) in [7, 11) is 0. The molecule has 0 fully saturated rings. The molecule has 0 amide bonds. The van der Waals surface area contributed by atoms with Crippen molar-refractivity contribution < 1.29 is 0 Å². The van der Waals surface area contributed by atoms with Crippen LogP contribution in [0.4, 0.5) is 0 Å². The lowest BCUT2D eigenvalue weighted by molar-refractivity contribution is 0.648. The van der Waals surface area contributed by atoms with E-state index < -0.39 is 0 Å². The molecule has 1 rings (SSSR count). The number of nitrogens with zero attached hydrogens (tertiary/aromatic N) is 1. The van der Waals surface area contributed by atoms with E-state index in [1.165, 1.54) is 37.8 Å².